The van der Waals surface area contributed by atoms with Crippen molar-refractivity contribution in [3.05, 3.63) is 64.7 Å². The summed E-state index contributed by atoms with van der Waals surface area (Å²) in [5, 5.41) is 0. The quantitative estimate of drug-likeness (QED) is 0.903. The normalized spacial score (nSPS) is 12.2. The second kappa shape index (κ2) is 5.89. The molecule has 2 nitrogen and oxygen atoms in total. The fraction of sp³-hybridized carbons (Fsp3) is 0.294. The van der Waals surface area contributed by atoms with E-state index in [4.69, 9.17) is 10.5 Å². The molecule has 2 heteroatoms. The van der Waals surface area contributed by atoms with Crippen molar-refractivity contribution in [2.24, 2.45) is 5.73 Å². The average Bonchev–Trinajstić information content (AvgIpc) is 2.40. The second-order valence-corrected chi connectivity index (χ2v) is 4.87. The Morgan fingerprint density at radius 3 is 2.47 bits per heavy atom. The summed E-state index contributed by atoms with van der Waals surface area (Å²) >= 11 is 0. The summed E-state index contributed by atoms with van der Waals surface area (Å²) < 4.78 is 5.68. The molecule has 0 saturated heterocycles. The highest BCUT2D eigenvalue weighted by Gasteiger charge is 2.14. The summed E-state index contributed by atoms with van der Waals surface area (Å²) in [6, 6.07) is 14.3. The number of nitrogens with two attached hydrogens (primary N) is 1. The Balaban J connectivity index is 2.42. The third-order valence-corrected chi connectivity index (χ3v) is 3.20. The van der Waals surface area contributed by atoms with Crippen LogP contribution in [0.5, 0.6) is 5.75 Å². The van der Waals surface area contributed by atoms with Crippen LogP contribution in [0.3, 0.4) is 0 Å². The largest absolute Gasteiger partial charge is 0.494 e. The molecule has 0 bridgehead atoms. The highest BCUT2D eigenvalue weighted by atomic mass is 16.5. The molecule has 2 aromatic rings. The molecule has 2 rings (SSSR count). The molecule has 0 fully saturated rings. The van der Waals surface area contributed by atoms with Crippen LogP contribution in [0, 0.1) is 13.8 Å². The molecule has 0 aliphatic heterocycles. The van der Waals surface area contributed by atoms with Crippen LogP contribution in [0.1, 0.15) is 35.2 Å². The zero-order chi connectivity index (χ0) is 13.8. The minimum atomic E-state index is -0.152. The van der Waals surface area contributed by atoms with E-state index in [0.29, 0.717) is 6.61 Å². The van der Waals surface area contributed by atoms with Crippen LogP contribution in [-0.2, 0) is 0 Å². The Morgan fingerprint density at radius 1 is 1.05 bits per heavy atom. The number of aryl methyl sites for hydroxylation is 2. The molecule has 0 spiro atoms. The maximum absolute atomic E-state index is 6.41. The summed E-state index contributed by atoms with van der Waals surface area (Å²) in [6.45, 7) is 6.79. The van der Waals surface area contributed by atoms with E-state index in [-0.39, 0.29) is 6.04 Å². The smallest absolute Gasteiger partial charge is 0.124 e. The van der Waals surface area contributed by atoms with Crippen molar-refractivity contribution < 1.29 is 4.74 Å². The molecule has 1 unspecified atom stereocenters. The van der Waals surface area contributed by atoms with E-state index >= 15 is 0 Å². The molecule has 19 heavy (non-hydrogen) atoms. The first-order chi connectivity index (χ1) is 9.11. The van der Waals surface area contributed by atoms with Crippen LogP contribution in [0.2, 0.25) is 0 Å². The highest BCUT2D eigenvalue weighted by molar-refractivity contribution is 5.44. The van der Waals surface area contributed by atoms with E-state index in [0.717, 1.165) is 16.9 Å². The Labute approximate surface area is 115 Å². The SMILES string of the molecule is CCOc1ccc(C)cc1C(N)c1cccc(C)c1. The van der Waals surface area contributed by atoms with Gasteiger partial charge in [-0.2, -0.15) is 0 Å². The lowest BCUT2D eigenvalue weighted by Crippen LogP contribution is -2.14. The van der Waals surface area contributed by atoms with Crippen LogP contribution in [-0.4, -0.2) is 6.61 Å². The number of hydrogen-bond donors (Lipinski definition) is 1. The summed E-state index contributed by atoms with van der Waals surface area (Å²) in [6.07, 6.45) is 0. The van der Waals surface area contributed by atoms with Gasteiger partial charge in [0.2, 0.25) is 0 Å². The van der Waals surface area contributed by atoms with Gasteiger partial charge in [0.1, 0.15) is 5.75 Å². The van der Waals surface area contributed by atoms with Crippen LogP contribution >= 0.6 is 0 Å². The van der Waals surface area contributed by atoms with Gasteiger partial charge >= 0.3 is 0 Å². The first-order valence-electron chi connectivity index (χ1n) is 6.67. The summed E-state index contributed by atoms with van der Waals surface area (Å²) in [5.41, 5.74) is 11.0. The lowest BCUT2D eigenvalue weighted by molar-refractivity contribution is 0.335. The fourth-order valence-corrected chi connectivity index (χ4v) is 2.24. The predicted molar refractivity (Wildman–Crippen MR) is 79.6 cm³/mol. The Hall–Kier alpha value is -1.80. The van der Waals surface area contributed by atoms with Crippen molar-refractivity contribution in [1.29, 1.82) is 0 Å². The molecule has 0 aliphatic rings. The average molecular weight is 255 g/mol. The standard InChI is InChI=1S/C17H21NO/c1-4-19-16-9-8-13(3)11-15(16)17(18)14-7-5-6-12(2)10-14/h5-11,17H,4,18H2,1-3H3. The highest BCUT2D eigenvalue weighted by Crippen LogP contribution is 2.29. The van der Waals surface area contributed by atoms with E-state index in [1.165, 1.54) is 11.1 Å². The molecule has 0 aromatic heterocycles. The summed E-state index contributed by atoms with van der Waals surface area (Å²) in [4.78, 5) is 0. The minimum Gasteiger partial charge on any atom is -0.494 e. The maximum Gasteiger partial charge on any atom is 0.124 e. The number of benzene rings is 2. The van der Waals surface area contributed by atoms with Crippen molar-refractivity contribution >= 4 is 0 Å². The number of ether oxygens (including phenoxy) is 1. The first kappa shape index (κ1) is 13.6. The van der Waals surface area contributed by atoms with Crippen molar-refractivity contribution in [2.45, 2.75) is 26.8 Å². The fourth-order valence-electron chi connectivity index (χ4n) is 2.24. The molecular weight excluding hydrogens is 234 g/mol. The van der Waals surface area contributed by atoms with E-state index in [2.05, 4.69) is 44.2 Å². The summed E-state index contributed by atoms with van der Waals surface area (Å²) in [5.74, 6) is 0.877. The lowest BCUT2D eigenvalue weighted by Gasteiger charge is -2.18. The van der Waals surface area contributed by atoms with Gasteiger partial charge in [0.15, 0.2) is 0 Å². The van der Waals surface area contributed by atoms with Gasteiger partial charge in [0.05, 0.1) is 12.6 Å². The predicted octanol–water partition coefficient (Wildman–Crippen LogP) is 3.75. The molecule has 0 saturated carbocycles. The first-order valence-corrected chi connectivity index (χ1v) is 6.67. The van der Waals surface area contributed by atoms with Crippen LogP contribution in [0.25, 0.3) is 0 Å². The Morgan fingerprint density at radius 2 is 1.79 bits per heavy atom. The van der Waals surface area contributed by atoms with E-state index in [9.17, 15) is 0 Å². The van der Waals surface area contributed by atoms with Crippen molar-refractivity contribution in [2.75, 3.05) is 6.61 Å². The van der Waals surface area contributed by atoms with Crippen LogP contribution in [0.15, 0.2) is 42.5 Å². The lowest BCUT2D eigenvalue weighted by atomic mass is 9.96. The molecule has 100 valence electrons. The van der Waals surface area contributed by atoms with Gasteiger partial charge in [-0.05, 0) is 32.4 Å². The topological polar surface area (TPSA) is 35.2 Å². The summed E-state index contributed by atoms with van der Waals surface area (Å²) in [7, 11) is 0. The molecule has 0 radical (unpaired) electrons. The third-order valence-electron chi connectivity index (χ3n) is 3.20. The van der Waals surface area contributed by atoms with Gasteiger partial charge in [-0.15, -0.1) is 0 Å². The Bertz CT molecular complexity index is 563. The second-order valence-electron chi connectivity index (χ2n) is 4.87. The zero-order valence-electron chi connectivity index (χ0n) is 11.8. The molecule has 2 N–H and O–H groups in total. The molecule has 1 atom stereocenters. The van der Waals surface area contributed by atoms with Crippen LogP contribution in [0.4, 0.5) is 0 Å². The monoisotopic (exact) mass is 255 g/mol. The van der Waals surface area contributed by atoms with Crippen molar-refractivity contribution in [3.8, 4) is 5.75 Å². The molecular formula is C17H21NO. The van der Waals surface area contributed by atoms with Crippen molar-refractivity contribution in [3.63, 3.8) is 0 Å². The Kier molecular flexibility index (Phi) is 4.23. The van der Waals surface area contributed by atoms with E-state index in [1.54, 1.807) is 0 Å². The molecule has 0 amide bonds. The molecule has 0 heterocycles. The van der Waals surface area contributed by atoms with Crippen LogP contribution < -0.4 is 10.5 Å². The molecule has 2 aromatic carbocycles. The van der Waals surface area contributed by atoms with Gasteiger partial charge in [-0.3, -0.25) is 0 Å². The third kappa shape index (κ3) is 3.15. The van der Waals surface area contributed by atoms with Gasteiger partial charge in [-0.25, -0.2) is 0 Å². The molecule has 0 aliphatic carbocycles. The maximum atomic E-state index is 6.41. The van der Waals surface area contributed by atoms with Gasteiger partial charge < -0.3 is 10.5 Å². The van der Waals surface area contributed by atoms with Gasteiger partial charge in [-0.1, -0.05) is 47.5 Å². The van der Waals surface area contributed by atoms with E-state index in [1.807, 2.05) is 19.1 Å². The zero-order valence-corrected chi connectivity index (χ0v) is 11.8. The number of rotatable bonds is 4. The van der Waals surface area contributed by atoms with E-state index < -0.39 is 0 Å². The van der Waals surface area contributed by atoms with Crippen molar-refractivity contribution in [1.82, 2.24) is 0 Å². The van der Waals surface area contributed by atoms with Gasteiger partial charge in [0.25, 0.3) is 0 Å². The number of hydrogen-bond acceptors (Lipinski definition) is 2. The van der Waals surface area contributed by atoms with Gasteiger partial charge in [0, 0.05) is 5.56 Å². The minimum absolute atomic E-state index is 0.152.